The van der Waals surface area contributed by atoms with Crippen molar-refractivity contribution in [3.05, 3.63) is 0 Å². The molecule has 2 atom stereocenters. The molecular weight excluding hydrogens is 192 g/mol. The van der Waals surface area contributed by atoms with Crippen LogP contribution in [-0.2, 0) is 4.74 Å². The van der Waals surface area contributed by atoms with E-state index in [4.69, 9.17) is 4.74 Å². The highest BCUT2D eigenvalue weighted by Gasteiger charge is 2.24. The first-order valence-electron chi connectivity index (χ1n) is 5.61. The molecule has 1 heterocycles. The third-order valence-corrected chi connectivity index (χ3v) is 2.46. The molecule has 0 aromatic carbocycles. The zero-order chi connectivity index (χ0) is 11.5. The SMILES string of the molecule is C[C@H]1NCCCC1NC(=O)OC(C)(C)C. The first-order valence-corrected chi connectivity index (χ1v) is 5.61. The summed E-state index contributed by atoms with van der Waals surface area (Å²) < 4.78 is 5.21. The summed E-state index contributed by atoms with van der Waals surface area (Å²) in [6.07, 6.45) is 1.81. The van der Waals surface area contributed by atoms with Crippen molar-refractivity contribution in [1.29, 1.82) is 0 Å². The number of alkyl carbamates (subject to hydrolysis) is 1. The summed E-state index contributed by atoms with van der Waals surface area (Å²) in [5.41, 5.74) is -0.421. The van der Waals surface area contributed by atoms with Gasteiger partial charge in [0.25, 0.3) is 0 Å². The maximum atomic E-state index is 11.5. The van der Waals surface area contributed by atoms with Crippen molar-refractivity contribution in [3.8, 4) is 0 Å². The van der Waals surface area contributed by atoms with E-state index in [0.29, 0.717) is 6.04 Å². The fourth-order valence-corrected chi connectivity index (χ4v) is 1.70. The van der Waals surface area contributed by atoms with Gasteiger partial charge in [0.15, 0.2) is 0 Å². The topological polar surface area (TPSA) is 50.4 Å². The zero-order valence-electron chi connectivity index (χ0n) is 10.1. The number of hydrogen-bond donors (Lipinski definition) is 2. The maximum absolute atomic E-state index is 11.5. The molecule has 2 N–H and O–H groups in total. The molecule has 4 nitrogen and oxygen atoms in total. The quantitative estimate of drug-likeness (QED) is 0.698. The number of ether oxygens (including phenoxy) is 1. The number of nitrogens with one attached hydrogen (secondary N) is 2. The van der Waals surface area contributed by atoms with Gasteiger partial charge in [-0.15, -0.1) is 0 Å². The van der Waals surface area contributed by atoms with Crippen LogP contribution < -0.4 is 10.6 Å². The molecular formula is C11H22N2O2. The van der Waals surface area contributed by atoms with Crippen molar-refractivity contribution >= 4 is 6.09 Å². The van der Waals surface area contributed by atoms with Crippen molar-refractivity contribution in [1.82, 2.24) is 10.6 Å². The van der Waals surface area contributed by atoms with E-state index >= 15 is 0 Å². The largest absolute Gasteiger partial charge is 0.444 e. The van der Waals surface area contributed by atoms with Crippen LogP contribution in [-0.4, -0.2) is 30.3 Å². The lowest BCUT2D eigenvalue weighted by molar-refractivity contribution is 0.0484. The van der Waals surface area contributed by atoms with Crippen LogP contribution >= 0.6 is 0 Å². The molecule has 1 aliphatic rings. The van der Waals surface area contributed by atoms with Crippen LogP contribution in [0.15, 0.2) is 0 Å². The molecule has 1 aliphatic heterocycles. The summed E-state index contributed by atoms with van der Waals surface area (Å²) in [5.74, 6) is 0. The van der Waals surface area contributed by atoms with Gasteiger partial charge in [-0.2, -0.15) is 0 Å². The Morgan fingerprint density at radius 1 is 1.47 bits per heavy atom. The van der Waals surface area contributed by atoms with Crippen LogP contribution in [0.3, 0.4) is 0 Å². The molecule has 0 aliphatic carbocycles. The van der Waals surface area contributed by atoms with Crippen LogP contribution in [0.25, 0.3) is 0 Å². The standard InChI is InChI=1S/C11H22N2O2/c1-8-9(6-5-7-12-8)13-10(14)15-11(2,3)4/h8-9,12H,5-7H2,1-4H3,(H,13,14)/t8-,9?/m1/s1. The summed E-state index contributed by atoms with van der Waals surface area (Å²) in [6, 6.07) is 0.514. The number of rotatable bonds is 1. The Labute approximate surface area is 91.8 Å². The molecule has 0 bridgehead atoms. The predicted molar refractivity (Wildman–Crippen MR) is 59.9 cm³/mol. The Morgan fingerprint density at radius 2 is 2.13 bits per heavy atom. The second-order valence-electron chi connectivity index (χ2n) is 5.14. The Hall–Kier alpha value is -0.770. The van der Waals surface area contributed by atoms with E-state index < -0.39 is 5.60 Å². The van der Waals surface area contributed by atoms with E-state index in [1.165, 1.54) is 0 Å². The molecule has 0 saturated carbocycles. The van der Waals surface area contributed by atoms with E-state index in [9.17, 15) is 4.79 Å². The number of carbonyl (C=O) groups excluding carboxylic acids is 1. The summed E-state index contributed by atoms with van der Waals surface area (Å²) >= 11 is 0. The Balaban J connectivity index is 2.36. The molecule has 0 aromatic heterocycles. The second-order valence-corrected chi connectivity index (χ2v) is 5.14. The van der Waals surface area contributed by atoms with Crippen LogP contribution in [0.2, 0.25) is 0 Å². The lowest BCUT2D eigenvalue weighted by atomic mass is 10.0. The normalized spacial score (nSPS) is 27.2. The van der Waals surface area contributed by atoms with E-state index in [-0.39, 0.29) is 12.1 Å². The van der Waals surface area contributed by atoms with Gasteiger partial charge in [-0.1, -0.05) is 0 Å². The van der Waals surface area contributed by atoms with Crippen molar-refractivity contribution in [2.24, 2.45) is 0 Å². The highest BCUT2D eigenvalue weighted by atomic mass is 16.6. The van der Waals surface area contributed by atoms with Gasteiger partial charge in [-0.25, -0.2) is 4.79 Å². The zero-order valence-corrected chi connectivity index (χ0v) is 10.1. The molecule has 0 radical (unpaired) electrons. The number of hydrogen-bond acceptors (Lipinski definition) is 3. The average molecular weight is 214 g/mol. The first-order chi connectivity index (χ1) is 6.88. The van der Waals surface area contributed by atoms with Gasteiger partial charge in [-0.05, 0) is 47.1 Å². The molecule has 1 amide bonds. The van der Waals surface area contributed by atoms with Crippen LogP contribution in [0.1, 0.15) is 40.5 Å². The third-order valence-electron chi connectivity index (χ3n) is 2.46. The highest BCUT2D eigenvalue weighted by molar-refractivity contribution is 5.68. The minimum absolute atomic E-state index is 0.189. The fourth-order valence-electron chi connectivity index (χ4n) is 1.70. The highest BCUT2D eigenvalue weighted by Crippen LogP contribution is 2.11. The summed E-state index contributed by atoms with van der Waals surface area (Å²) in [5, 5.41) is 6.23. The lowest BCUT2D eigenvalue weighted by Crippen LogP contribution is -2.52. The molecule has 1 fully saturated rings. The van der Waals surface area contributed by atoms with Crippen molar-refractivity contribution in [2.75, 3.05) is 6.54 Å². The second kappa shape index (κ2) is 4.84. The van der Waals surface area contributed by atoms with E-state index in [1.807, 2.05) is 20.8 Å². The van der Waals surface area contributed by atoms with Gasteiger partial charge >= 0.3 is 6.09 Å². The van der Waals surface area contributed by atoms with Gasteiger partial charge in [0.2, 0.25) is 0 Å². The van der Waals surface area contributed by atoms with Gasteiger partial charge in [0, 0.05) is 12.1 Å². The molecule has 0 aromatic rings. The van der Waals surface area contributed by atoms with E-state index in [1.54, 1.807) is 0 Å². The molecule has 15 heavy (non-hydrogen) atoms. The molecule has 1 rings (SSSR count). The van der Waals surface area contributed by atoms with E-state index in [2.05, 4.69) is 17.6 Å². The van der Waals surface area contributed by atoms with Gasteiger partial charge in [0.05, 0.1) is 0 Å². The van der Waals surface area contributed by atoms with Gasteiger partial charge in [-0.3, -0.25) is 0 Å². The summed E-state index contributed by atoms with van der Waals surface area (Å²) in [6.45, 7) is 8.73. The molecule has 1 saturated heterocycles. The molecule has 4 heteroatoms. The minimum atomic E-state index is -0.421. The average Bonchev–Trinajstić information content (AvgIpc) is 2.05. The number of piperidine rings is 1. The van der Waals surface area contributed by atoms with Crippen LogP contribution in [0, 0.1) is 0 Å². The maximum Gasteiger partial charge on any atom is 0.407 e. The molecule has 1 unspecified atom stereocenters. The summed E-state index contributed by atoms with van der Waals surface area (Å²) in [4.78, 5) is 11.5. The number of amides is 1. The van der Waals surface area contributed by atoms with E-state index in [0.717, 1.165) is 19.4 Å². The van der Waals surface area contributed by atoms with Gasteiger partial charge < -0.3 is 15.4 Å². The number of carbonyl (C=O) groups is 1. The minimum Gasteiger partial charge on any atom is -0.444 e. The third kappa shape index (κ3) is 4.51. The molecule has 0 spiro atoms. The lowest BCUT2D eigenvalue weighted by Gasteiger charge is -2.31. The van der Waals surface area contributed by atoms with Crippen LogP contribution in [0.5, 0.6) is 0 Å². The van der Waals surface area contributed by atoms with Crippen molar-refractivity contribution in [2.45, 2.75) is 58.2 Å². The monoisotopic (exact) mass is 214 g/mol. The predicted octanol–water partition coefficient (Wildman–Crippen LogP) is 1.65. The Bertz CT molecular complexity index is 223. The van der Waals surface area contributed by atoms with Crippen molar-refractivity contribution in [3.63, 3.8) is 0 Å². The Kier molecular flexibility index (Phi) is 3.97. The van der Waals surface area contributed by atoms with Crippen LogP contribution in [0.4, 0.5) is 4.79 Å². The fraction of sp³-hybridized carbons (Fsp3) is 0.909. The Morgan fingerprint density at radius 3 is 2.67 bits per heavy atom. The molecule has 88 valence electrons. The smallest absolute Gasteiger partial charge is 0.407 e. The van der Waals surface area contributed by atoms with Gasteiger partial charge in [0.1, 0.15) is 5.60 Å². The first kappa shape index (κ1) is 12.3. The summed E-state index contributed by atoms with van der Waals surface area (Å²) in [7, 11) is 0. The van der Waals surface area contributed by atoms with Crippen molar-refractivity contribution < 1.29 is 9.53 Å².